The average molecular weight is 491 g/mol. The van der Waals surface area contributed by atoms with Gasteiger partial charge in [-0.3, -0.25) is 4.98 Å². The molecule has 4 nitrogen and oxygen atoms in total. The van der Waals surface area contributed by atoms with Crippen LogP contribution >= 0.6 is 23.8 Å². The predicted molar refractivity (Wildman–Crippen MR) is 139 cm³/mol. The van der Waals surface area contributed by atoms with Crippen LogP contribution in [0.1, 0.15) is 40.3 Å². The molecule has 1 aliphatic rings. The van der Waals surface area contributed by atoms with E-state index in [4.69, 9.17) is 23.8 Å². The summed E-state index contributed by atoms with van der Waals surface area (Å²) in [7, 11) is 0. The van der Waals surface area contributed by atoms with E-state index in [1.165, 1.54) is 6.07 Å². The highest BCUT2D eigenvalue weighted by molar-refractivity contribution is 7.80. The highest BCUT2D eigenvalue weighted by Gasteiger charge is 2.44. The third-order valence-electron chi connectivity index (χ3n) is 6.58. The Morgan fingerprint density at radius 3 is 2.44 bits per heavy atom. The van der Waals surface area contributed by atoms with Crippen molar-refractivity contribution in [2.75, 3.05) is 4.90 Å². The zero-order valence-corrected chi connectivity index (χ0v) is 20.7. The van der Waals surface area contributed by atoms with Crippen LogP contribution in [0.2, 0.25) is 5.02 Å². The second-order valence-corrected chi connectivity index (χ2v) is 9.30. The summed E-state index contributed by atoms with van der Waals surface area (Å²) >= 11 is 12.1. The number of aromatic nitrogens is 2. The molecule has 1 aliphatic heterocycles. The van der Waals surface area contributed by atoms with Crippen molar-refractivity contribution in [3.63, 3.8) is 0 Å². The Hall–Kier alpha value is -3.22. The first-order chi connectivity index (χ1) is 16.4. The van der Waals surface area contributed by atoms with Gasteiger partial charge in [-0.25, -0.2) is 4.39 Å². The van der Waals surface area contributed by atoms with Gasteiger partial charge in [0.25, 0.3) is 0 Å². The zero-order chi connectivity index (χ0) is 24.0. The maximum Gasteiger partial charge on any atom is 0.174 e. The molecule has 2 atom stereocenters. The molecule has 4 aromatic rings. The van der Waals surface area contributed by atoms with Gasteiger partial charge < -0.3 is 14.8 Å². The Morgan fingerprint density at radius 1 is 0.971 bits per heavy atom. The number of hydrogen-bond donors (Lipinski definition) is 1. The van der Waals surface area contributed by atoms with E-state index < -0.39 is 0 Å². The van der Waals surface area contributed by atoms with Gasteiger partial charge in [-0.1, -0.05) is 35.9 Å². The van der Waals surface area contributed by atoms with Gasteiger partial charge in [0.1, 0.15) is 5.82 Å². The van der Waals surface area contributed by atoms with Gasteiger partial charge in [-0.05, 0) is 81.0 Å². The van der Waals surface area contributed by atoms with Crippen molar-refractivity contribution < 1.29 is 4.39 Å². The summed E-state index contributed by atoms with van der Waals surface area (Å²) in [5.74, 6) is -0.320. The van der Waals surface area contributed by atoms with E-state index in [-0.39, 0.29) is 17.9 Å². The number of hydrogen-bond acceptors (Lipinski definition) is 2. The molecule has 1 fully saturated rings. The molecular weight excluding hydrogens is 467 g/mol. The molecule has 5 rings (SSSR count). The first-order valence-electron chi connectivity index (χ1n) is 11.1. The van der Waals surface area contributed by atoms with Crippen LogP contribution in [-0.4, -0.2) is 14.7 Å². The van der Waals surface area contributed by atoms with Crippen molar-refractivity contribution in [1.82, 2.24) is 14.9 Å². The molecule has 0 unspecified atom stereocenters. The second kappa shape index (κ2) is 8.85. The molecular formula is C27H24ClFN4S. The lowest BCUT2D eigenvalue weighted by Gasteiger charge is -2.29. The Kier molecular flexibility index (Phi) is 5.88. The van der Waals surface area contributed by atoms with E-state index >= 15 is 4.39 Å². The van der Waals surface area contributed by atoms with Gasteiger partial charge >= 0.3 is 0 Å². The number of rotatable bonds is 4. The Bertz CT molecular complexity index is 1380. The first kappa shape index (κ1) is 22.6. The van der Waals surface area contributed by atoms with Gasteiger partial charge in [0.05, 0.1) is 23.5 Å². The summed E-state index contributed by atoms with van der Waals surface area (Å²) in [4.78, 5) is 6.50. The van der Waals surface area contributed by atoms with Crippen LogP contribution in [0.5, 0.6) is 0 Å². The molecule has 2 aromatic carbocycles. The molecule has 0 bridgehead atoms. The van der Waals surface area contributed by atoms with Crippen LogP contribution in [0.3, 0.4) is 0 Å². The average Bonchev–Trinajstić information content (AvgIpc) is 3.27. The maximum absolute atomic E-state index is 15.1. The Labute approximate surface area is 209 Å². The summed E-state index contributed by atoms with van der Waals surface area (Å²) in [6.45, 7) is 6.29. The van der Waals surface area contributed by atoms with Crippen molar-refractivity contribution >= 4 is 34.6 Å². The van der Waals surface area contributed by atoms with Crippen molar-refractivity contribution in [2.24, 2.45) is 0 Å². The maximum atomic E-state index is 15.1. The lowest BCUT2D eigenvalue weighted by molar-refractivity contribution is 0.554. The van der Waals surface area contributed by atoms with Crippen LogP contribution in [0.15, 0.2) is 72.9 Å². The van der Waals surface area contributed by atoms with Crippen molar-refractivity contribution in [3.8, 4) is 5.69 Å². The topological polar surface area (TPSA) is 33.1 Å². The van der Waals surface area contributed by atoms with Gasteiger partial charge in [0.15, 0.2) is 5.11 Å². The van der Waals surface area contributed by atoms with Crippen molar-refractivity contribution in [3.05, 3.63) is 112 Å². The van der Waals surface area contributed by atoms with Gasteiger partial charge in [-0.15, -0.1) is 0 Å². The summed E-state index contributed by atoms with van der Waals surface area (Å²) < 4.78 is 17.3. The second-order valence-electron chi connectivity index (χ2n) is 8.47. The highest BCUT2D eigenvalue weighted by Crippen LogP contribution is 2.45. The monoisotopic (exact) mass is 490 g/mol. The molecule has 1 saturated heterocycles. The Morgan fingerprint density at radius 2 is 1.74 bits per heavy atom. The lowest BCUT2D eigenvalue weighted by atomic mass is 9.93. The molecule has 3 heterocycles. The minimum Gasteiger partial charge on any atom is -0.351 e. The van der Waals surface area contributed by atoms with Crippen molar-refractivity contribution in [1.29, 1.82) is 0 Å². The third kappa shape index (κ3) is 3.67. The minimum atomic E-state index is -0.320. The fraction of sp³-hybridized carbons (Fsp3) is 0.185. The number of anilines is 1. The fourth-order valence-electron chi connectivity index (χ4n) is 5.00. The van der Waals surface area contributed by atoms with E-state index in [9.17, 15) is 0 Å². The van der Waals surface area contributed by atoms with E-state index in [1.54, 1.807) is 18.3 Å². The van der Waals surface area contributed by atoms with Crippen molar-refractivity contribution in [2.45, 2.75) is 32.9 Å². The molecule has 0 radical (unpaired) electrons. The highest BCUT2D eigenvalue weighted by atomic mass is 35.5. The largest absolute Gasteiger partial charge is 0.351 e. The fourth-order valence-corrected chi connectivity index (χ4v) is 5.52. The normalized spacial score (nSPS) is 17.8. The molecule has 0 aliphatic carbocycles. The molecule has 172 valence electrons. The quantitative estimate of drug-likeness (QED) is 0.320. The molecule has 0 amide bonds. The third-order valence-corrected chi connectivity index (χ3v) is 7.13. The van der Waals surface area contributed by atoms with E-state index in [2.05, 4.69) is 35.6 Å². The first-order valence-corrected chi connectivity index (χ1v) is 11.9. The van der Waals surface area contributed by atoms with E-state index in [1.807, 2.05) is 53.4 Å². The lowest BCUT2D eigenvalue weighted by Crippen LogP contribution is -2.30. The number of nitrogens with zero attached hydrogens (tertiary/aromatic N) is 3. The number of para-hydroxylation sites is 1. The predicted octanol–water partition coefficient (Wildman–Crippen LogP) is 6.77. The SMILES string of the molecule is Cc1c([C@@H]2[C@H](c3ccccn3)NC(=S)N2c2ccccc2F)c(C)n(-c2cccc(Cl)c2)c1C. The van der Waals surface area contributed by atoms with Gasteiger partial charge in [0, 0.05) is 33.9 Å². The molecule has 7 heteroatoms. The number of halogens is 2. The number of benzene rings is 2. The number of pyridine rings is 1. The summed E-state index contributed by atoms with van der Waals surface area (Å²) in [6, 6.07) is 19.8. The number of thiocarbonyl (C=S) groups is 1. The van der Waals surface area contributed by atoms with Gasteiger partial charge in [-0.2, -0.15) is 0 Å². The van der Waals surface area contributed by atoms with Crippen LogP contribution in [0.25, 0.3) is 5.69 Å². The molecule has 1 N–H and O–H groups in total. The van der Waals surface area contributed by atoms with Crippen LogP contribution in [-0.2, 0) is 0 Å². The number of nitrogens with one attached hydrogen (secondary N) is 1. The standard InChI is InChI=1S/C27H24ClFN4S/c1-16-17(2)32(20-10-8-9-19(28)15-20)18(3)24(16)26-25(22-12-6-7-14-30-22)31-27(34)33(26)23-13-5-4-11-21(23)29/h4-15,25-26H,1-3H3,(H,31,34)/t25-,26+/m0/s1. The minimum absolute atomic E-state index is 0.250. The summed E-state index contributed by atoms with van der Waals surface area (Å²) in [6.07, 6.45) is 1.77. The molecule has 0 spiro atoms. The van der Waals surface area contributed by atoms with E-state index in [0.717, 1.165) is 33.9 Å². The molecule has 34 heavy (non-hydrogen) atoms. The molecule has 0 saturated carbocycles. The summed E-state index contributed by atoms with van der Waals surface area (Å²) in [5.41, 5.74) is 6.63. The smallest absolute Gasteiger partial charge is 0.174 e. The van der Waals surface area contributed by atoms with Crippen LogP contribution in [0.4, 0.5) is 10.1 Å². The Balaban J connectivity index is 1.75. The zero-order valence-electron chi connectivity index (χ0n) is 19.1. The molecule has 2 aromatic heterocycles. The van der Waals surface area contributed by atoms with Crippen LogP contribution in [0, 0.1) is 26.6 Å². The van der Waals surface area contributed by atoms with Crippen LogP contribution < -0.4 is 10.2 Å². The van der Waals surface area contributed by atoms with Gasteiger partial charge in [0.2, 0.25) is 0 Å². The summed E-state index contributed by atoms with van der Waals surface area (Å²) in [5, 5.41) is 4.57. The van der Waals surface area contributed by atoms with E-state index in [0.29, 0.717) is 15.8 Å².